The van der Waals surface area contributed by atoms with Gasteiger partial charge >= 0.3 is 6.18 Å². The van der Waals surface area contributed by atoms with E-state index in [1.165, 1.54) is 18.5 Å². The Kier molecular flexibility index (Phi) is 4.91. The van der Waals surface area contributed by atoms with Crippen LogP contribution in [0.1, 0.15) is 29.4 Å². The highest BCUT2D eigenvalue weighted by Gasteiger charge is 2.35. The summed E-state index contributed by atoms with van der Waals surface area (Å²) in [6.45, 7) is 4.71. The van der Waals surface area contributed by atoms with E-state index in [1.807, 2.05) is 25.1 Å². The van der Waals surface area contributed by atoms with E-state index in [-0.39, 0.29) is 34.9 Å². The Labute approximate surface area is 154 Å². The number of anilines is 1. The Balaban J connectivity index is 1.96. The quantitative estimate of drug-likeness (QED) is 0.740. The first-order valence-electron chi connectivity index (χ1n) is 8.50. The first-order valence-corrected chi connectivity index (χ1v) is 8.50. The van der Waals surface area contributed by atoms with E-state index in [2.05, 4.69) is 15.4 Å². The molecule has 0 unspecified atom stereocenters. The van der Waals surface area contributed by atoms with Crippen LogP contribution in [-0.4, -0.2) is 20.7 Å². The largest absolute Gasteiger partial charge is 0.417 e. The lowest BCUT2D eigenvalue weighted by Crippen LogP contribution is -2.20. The molecule has 5 nitrogen and oxygen atoms in total. The lowest BCUT2D eigenvalue weighted by Gasteiger charge is -2.11. The van der Waals surface area contributed by atoms with E-state index >= 15 is 0 Å². The van der Waals surface area contributed by atoms with E-state index in [1.54, 1.807) is 6.07 Å². The minimum Gasteiger partial charge on any atom is -0.324 e. The van der Waals surface area contributed by atoms with E-state index in [4.69, 9.17) is 0 Å². The molecule has 27 heavy (non-hydrogen) atoms. The van der Waals surface area contributed by atoms with Gasteiger partial charge in [-0.25, -0.2) is 9.67 Å². The van der Waals surface area contributed by atoms with Crippen LogP contribution in [0, 0.1) is 13.8 Å². The maximum Gasteiger partial charge on any atom is 0.417 e. The molecule has 0 saturated carbocycles. The molecule has 0 fully saturated rings. The molecule has 0 radical (unpaired) electrons. The molecule has 0 aliphatic rings. The number of rotatable bonds is 4. The summed E-state index contributed by atoms with van der Waals surface area (Å²) >= 11 is 0. The SMILES string of the molecule is CCc1ccccc1NC(=O)Cn1nc(C)c2c(C(F)(F)F)cc(C)nc21. The number of aromatic nitrogens is 3. The molecule has 3 rings (SSSR count). The summed E-state index contributed by atoms with van der Waals surface area (Å²) in [4.78, 5) is 16.6. The molecular weight excluding hydrogens is 357 g/mol. The van der Waals surface area contributed by atoms with E-state index in [0.717, 1.165) is 18.1 Å². The normalized spacial score (nSPS) is 11.8. The number of benzene rings is 1. The number of alkyl halides is 3. The molecule has 1 aromatic carbocycles. The topological polar surface area (TPSA) is 59.8 Å². The fourth-order valence-corrected chi connectivity index (χ4v) is 3.09. The molecule has 0 aliphatic heterocycles. The van der Waals surface area contributed by atoms with Crippen molar-refractivity contribution in [1.82, 2.24) is 14.8 Å². The van der Waals surface area contributed by atoms with Gasteiger partial charge in [0.25, 0.3) is 0 Å². The number of amides is 1. The molecule has 1 N–H and O–H groups in total. The third kappa shape index (κ3) is 3.79. The molecule has 8 heteroatoms. The van der Waals surface area contributed by atoms with Crippen LogP contribution >= 0.6 is 0 Å². The van der Waals surface area contributed by atoms with Gasteiger partial charge in [0, 0.05) is 11.4 Å². The van der Waals surface area contributed by atoms with Crippen LogP contribution in [0.15, 0.2) is 30.3 Å². The fourth-order valence-electron chi connectivity index (χ4n) is 3.09. The summed E-state index contributed by atoms with van der Waals surface area (Å²) in [5.74, 6) is -0.378. The van der Waals surface area contributed by atoms with Gasteiger partial charge in [-0.3, -0.25) is 4.79 Å². The van der Waals surface area contributed by atoms with Crippen molar-refractivity contribution in [2.45, 2.75) is 39.9 Å². The highest BCUT2D eigenvalue weighted by atomic mass is 19.4. The number of hydrogen-bond donors (Lipinski definition) is 1. The van der Waals surface area contributed by atoms with Gasteiger partial charge in [0.15, 0.2) is 5.65 Å². The molecular formula is C19H19F3N4O. The lowest BCUT2D eigenvalue weighted by molar-refractivity contribution is -0.136. The molecule has 3 aromatic rings. The van der Waals surface area contributed by atoms with Crippen LogP contribution in [0.25, 0.3) is 11.0 Å². The first-order chi connectivity index (χ1) is 12.7. The summed E-state index contributed by atoms with van der Waals surface area (Å²) in [7, 11) is 0. The van der Waals surface area contributed by atoms with Crippen molar-refractivity contribution in [2.24, 2.45) is 0 Å². The van der Waals surface area contributed by atoms with Gasteiger partial charge in [-0.05, 0) is 38.0 Å². The second-order valence-electron chi connectivity index (χ2n) is 6.31. The number of halogens is 3. The smallest absolute Gasteiger partial charge is 0.324 e. The number of carbonyl (C=O) groups excluding carboxylic acids is 1. The fraction of sp³-hybridized carbons (Fsp3) is 0.316. The Bertz CT molecular complexity index is 1010. The number of carbonyl (C=O) groups is 1. The summed E-state index contributed by atoms with van der Waals surface area (Å²) in [6, 6.07) is 8.38. The Hall–Kier alpha value is -2.90. The number of hydrogen-bond acceptors (Lipinski definition) is 3. The maximum atomic E-state index is 13.4. The van der Waals surface area contributed by atoms with Crippen LogP contribution in [0.4, 0.5) is 18.9 Å². The average molecular weight is 376 g/mol. The number of fused-ring (bicyclic) bond motifs is 1. The Morgan fingerprint density at radius 1 is 1.22 bits per heavy atom. The third-order valence-electron chi connectivity index (χ3n) is 4.28. The van der Waals surface area contributed by atoms with Crippen LogP contribution in [0.2, 0.25) is 0 Å². The second kappa shape index (κ2) is 7.02. The third-order valence-corrected chi connectivity index (χ3v) is 4.28. The van der Waals surface area contributed by atoms with Crippen LogP contribution < -0.4 is 5.32 Å². The molecule has 0 atom stereocenters. The standard InChI is InChI=1S/C19H19F3N4O/c1-4-13-7-5-6-8-15(13)24-16(27)10-26-18-17(12(3)25-26)14(19(20,21)22)9-11(2)23-18/h5-9H,4,10H2,1-3H3,(H,24,27). The monoisotopic (exact) mass is 376 g/mol. The van der Waals surface area contributed by atoms with Crippen molar-refractivity contribution in [3.8, 4) is 0 Å². The van der Waals surface area contributed by atoms with Gasteiger partial charge in [-0.1, -0.05) is 25.1 Å². The van der Waals surface area contributed by atoms with Crippen molar-refractivity contribution >= 4 is 22.6 Å². The molecule has 2 aromatic heterocycles. The maximum absolute atomic E-state index is 13.4. The van der Waals surface area contributed by atoms with Gasteiger partial charge in [0.2, 0.25) is 5.91 Å². The summed E-state index contributed by atoms with van der Waals surface area (Å²) in [6.07, 6.45) is -3.77. The molecule has 1 amide bonds. The predicted molar refractivity (Wildman–Crippen MR) is 96.5 cm³/mol. The summed E-state index contributed by atoms with van der Waals surface area (Å²) < 4.78 is 41.3. The van der Waals surface area contributed by atoms with Crippen molar-refractivity contribution in [1.29, 1.82) is 0 Å². The molecule has 0 spiro atoms. The molecule has 0 aliphatic carbocycles. The number of nitrogens with zero attached hydrogens (tertiary/aromatic N) is 3. The lowest BCUT2D eigenvalue weighted by atomic mass is 10.1. The van der Waals surface area contributed by atoms with Gasteiger partial charge in [0.05, 0.1) is 16.6 Å². The molecule has 0 bridgehead atoms. The molecule has 0 saturated heterocycles. The van der Waals surface area contributed by atoms with Crippen LogP contribution in [0.5, 0.6) is 0 Å². The van der Waals surface area contributed by atoms with Crippen LogP contribution in [-0.2, 0) is 23.9 Å². The number of pyridine rings is 1. The molecule has 142 valence electrons. The second-order valence-corrected chi connectivity index (χ2v) is 6.31. The zero-order valence-electron chi connectivity index (χ0n) is 15.2. The summed E-state index contributed by atoms with van der Waals surface area (Å²) in [5.41, 5.74) is 1.32. The zero-order chi connectivity index (χ0) is 19.8. The van der Waals surface area contributed by atoms with Gasteiger partial charge in [0.1, 0.15) is 6.54 Å². The van der Waals surface area contributed by atoms with Crippen molar-refractivity contribution in [3.63, 3.8) is 0 Å². The van der Waals surface area contributed by atoms with Gasteiger partial charge in [-0.15, -0.1) is 0 Å². The van der Waals surface area contributed by atoms with Gasteiger partial charge < -0.3 is 5.32 Å². The van der Waals surface area contributed by atoms with Crippen molar-refractivity contribution in [3.05, 3.63) is 52.8 Å². The number of aryl methyl sites for hydroxylation is 3. The van der Waals surface area contributed by atoms with Crippen LogP contribution in [0.3, 0.4) is 0 Å². The zero-order valence-corrected chi connectivity index (χ0v) is 15.2. The molecule has 2 heterocycles. The number of para-hydroxylation sites is 1. The Morgan fingerprint density at radius 2 is 1.93 bits per heavy atom. The Morgan fingerprint density at radius 3 is 2.59 bits per heavy atom. The van der Waals surface area contributed by atoms with Gasteiger partial charge in [-0.2, -0.15) is 18.3 Å². The summed E-state index contributed by atoms with van der Waals surface area (Å²) in [5, 5.41) is 6.84. The minimum atomic E-state index is -4.52. The highest BCUT2D eigenvalue weighted by molar-refractivity contribution is 5.92. The highest BCUT2D eigenvalue weighted by Crippen LogP contribution is 2.36. The number of nitrogens with one attached hydrogen (secondary N) is 1. The minimum absolute atomic E-state index is 0.0544. The van der Waals surface area contributed by atoms with Crippen molar-refractivity contribution in [2.75, 3.05) is 5.32 Å². The van der Waals surface area contributed by atoms with E-state index in [0.29, 0.717) is 5.69 Å². The van der Waals surface area contributed by atoms with Crippen molar-refractivity contribution < 1.29 is 18.0 Å². The van der Waals surface area contributed by atoms with E-state index in [9.17, 15) is 18.0 Å². The predicted octanol–water partition coefficient (Wildman–Crippen LogP) is 4.27. The first kappa shape index (κ1) is 18.9. The van der Waals surface area contributed by atoms with E-state index < -0.39 is 11.7 Å². The average Bonchev–Trinajstić information content (AvgIpc) is 2.89.